The van der Waals surface area contributed by atoms with Crippen LogP contribution >= 0.6 is 12.2 Å². The van der Waals surface area contributed by atoms with Crippen LogP contribution in [0.2, 0.25) is 0 Å². The van der Waals surface area contributed by atoms with Gasteiger partial charge < -0.3 is 9.47 Å². The SMILES string of the molecule is CCC(C)Oc1ccc(C(=O)NC(=S)NNC(=O)COc2ccccc2C(C)CC)cc1. The second-order valence-corrected chi connectivity index (χ2v) is 7.86. The molecule has 2 aromatic carbocycles. The van der Waals surface area contributed by atoms with Crippen molar-refractivity contribution >= 4 is 29.1 Å². The fraction of sp³-hybridized carbons (Fsp3) is 0.375. The number of amides is 2. The number of carbonyl (C=O) groups excluding carboxylic acids is 2. The molecular formula is C24H31N3O4S. The molecule has 0 radical (unpaired) electrons. The van der Waals surface area contributed by atoms with Gasteiger partial charge in [-0.15, -0.1) is 0 Å². The summed E-state index contributed by atoms with van der Waals surface area (Å²) in [5.74, 6) is 0.871. The van der Waals surface area contributed by atoms with Gasteiger partial charge in [0.1, 0.15) is 11.5 Å². The van der Waals surface area contributed by atoms with Crippen molar-refractivity contribution in [1.82, 2.24) is 16.2 Å². The quantitative estimate of drug-likeness (QED) is 0.388. The molecule has 2 unspecified atom stereocenters. The second-order valence-electron chi connectivity index (χ2n) is 7.45. The predicted octanol–water partition coefficient (Wildman–Crippen LogP) is 4.09. The predicted molar refractivity (Wildman–Crippen MR) is 129 cm³/mol. The molecule has 0 fully saturated rings. The van der Waals surface area contributed by atoms with Crippen LogP contribution in [-0.4, -0.2) is 29.6 Å². The first-order valence-corrected chi connectivity index (χ1v) is 11.1. The van der Waals surface area contributed by atoms with Crippen molar-refractivity contribution in [3.05, 3.63) is 59.7 Å². The van der Waals surface area contributed by atoms with Gasteiger partial charge in [-0.2, -0.15) is 0 Å². The molecule has 0 aromatic heterocycles. The molecule has 0 aliphatic carbocycles. The van der Waals surface area contributed by atoms with E-state index in [1.54, 1.807) is 24.3 Å². The van der Waals surface area contributed by atoms with Crippen molar-refractivity contribution in [2.24, 2.45) is 0 Å². The van der Waals surface area contributed by atoms with Gasteiger partial charge in [0.25, 0.3) is 11.8 Å². The van der Waals surface area contributed by atoms with Crippen LogP contribution in [-0.2, 0) is 4.79 Å². The zero-order valence-corrected chi connectivity index (χ0v) is 19.8. The Balaban J connectivity index is 1.78. The van der Waals surface area contributed by atoms with E-state index in [2.05, 4.69) is 30.0 Å². The van der Waals surface area contributed by atoms with Crippen molar-refractivity contribution in [1.29, 1.82) is 0 Å². The molecular weight excluding hydrogens is 426 g/mol. The number of hydrazine groups is 1. The van der Waals surface area contributed by atoms with Gasteiger partial charge in [-0.1, -0.05) is 39.0 Å². The van der Waals surface area contributed by atoms with E-state index >= 15 is 0 Å². The van der Waals surface area contributed by atoms with Crippen molar-refractivity contribution < 1.29 is 19.1 Å². The Bertz CT molecular complexity index is 918. The Morgan fingerprint density at radius 3 is 2.31 bits per heavy atom. The van der Waals surface area contributed by atoms with Crippen LogP contribution in [0, 0.1) is 0 Å². The molecule has 0 spiro atoms. The summed E-state index contributed by atoms with van der Waals surface area (Å²) in [4.78, 5) is 24.4. The fourth-order valence-electron chi connectivity index (χ4n) is 2.75. The molecule has 2 amide bonds. The Labute approximate surface area is 194 Å². The Morgan fingerprint density at radius 1 is 0.969 bits per heavy atom. The molecule has 2 aromatic rings. The van der Waals surface area contributed by atoms with Crippen LogP contribution in [0.25, 0.3) is 0 Å². The number of hydrogen-bond acceptors (Lipinski definition) is 5. The van der Waals surface area contributed by atoms with Gasteiger partial charge in [0.15, 0.2) is 11.7 Å². The Kier molecular flexibility index (Phi) is 9.94. The number of nitrogens with one attached hydrogen (secondary N) is 3. The summed E-state index contributed by atoms with van der Waals surface area (Å²) < 4.78 is 11.4. The lowest BCUT2D eigenvalue weighted by Crippen LogP contribution is -2.49. The first kappa shape index (κ1) is 25.1. The van der Waals surface area contributed by atoms with Gasteiger partial charge in [0.05, 0.1) is 6.10 Å². The van der Waals surface area contributed by atoms with E-state index in [4.69, 9.17) is 21.7 Å². The summed E-state index contributed by atoms with van der Waals surface area (Å²) in [7, 11) is 0. The highest BCUT2D eigenvalue weighted by molar-refractivity contribution is 7.80. The first-order valence-electron chi connectivity index (χ1n) is 10.7. The molecule has 0 heterocycles. The van der Waals surface area contributed by atoms with Gasteiger partial charge in [0.2, 0.25) is 0 Å². The van der Waals surface area contributed by atoms with Crippen LogP contribution < -0.4 is 25.6 Å². The number of para-hydroxylation sites is 1. The number of benzene rings is 2. The molecule has 8 heteroatoms. The Hall–Kier alpha value is -3.13. The van der Waals surface area contributed by atoms with E-state index < -0.39 is 11.8 Å². The highest BCUT2D eigenvalue weighted by Crippen LogP contribution is 2.28. The van der Waals surface area contributed by atoms with Crippen LogP contribution in [0.5, 0.6) is 11.5 Å². The maximum absolute atomic E-state index is 12.3. The van der Waals surface area contributed by atoms with E-state index in [-0.39, 0.29) is 17.8 Å². The number of ether oxygens (including phenoxy) is 2. The first-order chi connectivity index (χ1) is 15.3. The zero-order valence-electron chi connectivity index (χ0n) is 18.9. The third-order valence-corrected chi connectivity index (χ3v) is 5.20. The maximum atomic E-state index is 12.3. The van der Waals surface area contributed by atoms with Crippen molar-refractivity contribution in [2.75, 3.05) is 6.61 Å². The van der Waals surface area contributed by atoms with Crippen LogP contribution in [0.15, 0.2) is 48.5 Å². The summed E-state index contributed by atoms with van der Waals surface area (Å²) in [6, 6.07) is 14.4. The van der Waals surface area contributed by atoms with Gasteiger partial charge in [0, 0.05) is 5.56 Å². The summed E-state index contributed by atoms with van der Waals surface area (Å²) in [5.41, 5.74) is 6.40. The average molecular weight is 458 g/mol. The molecule has 2 rings (SSSR count). The molecule has 0 aliphatic heterocycles. The molecule has 0 bridgehead atoms. The minimum Gasteiger partial charge on any atom is -0.491 e. The molecule has 0 aliphatic rings. The fourth-order valence-corrected chi connectivity index (χ4v) is 2.90. The molecule has 172 valence electrons. The van der Waals surface area contributed by atoms with Gasteiger partial charge in [-0.05, 0) is 73.8 Å². The summed E-state index contributed by atoms with van der Waals surface area (Å²) in [6.45, 7) is 8.04. The van der Waals surface area contributed by atoms with Gasteiger partial charge in [-0.3, -0.25) is 25.8 Å². The summed E-state index contributed by atoms with van der Waals surface area (Å²) >= 11 is 5.07. The molecule has 0 saturated carbocycles. The number of carbonyl (C=O) groups is 2. The van der Waals surface area contributed by atoms with Gasteiger partial charge in [-0.25, -0.2) is 0 Å². The van der Waals surface area contributed by atoms with Gasteiger partial charge >= 0.3 is 0 Å². The van der Waals surface area contributed by atoms with E-state index in [0.717, 1.165) is 18.4 Å². The third kappa shape index (κ3) is 7.85. The molecule has 2 atom stereocenters. The molecule has 3 N–H and O–H groups in total. The molecule has 32 heavy (non-hydrogen) atoms. The monoisotopic (exact) mass is 457 g/mol. The van der Waals surface area contributed by atoms with E-state index in [1.807, 2.05) is 38.1 Å². The lowest BCUT2D eigenvalue weighted by Gasteiger charge is -2.16. The lowest BCUT2D eigenvalue weighted by atomic mass is 9.98. The minimum atomic E-state index is -0.424. The van der Waals surface area contributed by atoms with Crippen LogP contribution in [0.1, 0.15) is 62.4 Å². The van der Waals surface area contributed by atoms with Crippen LogP contribution in [0.4, 0.5) is 0 Å². The Morgan fingerprint density at radius 2 is 1.66 bits per heavy atom. The number of thiocarbonyl (C=S) groups is 1. The largest absolute Gasteiger partial charge is 0.491 e. The second kappa shape index (κ2) is 12.7. The summed E-state index contributed by atoms with van der Waals surface area (Å²) in [5, 5.41) is 2.49. The maximum Gasteiger partial charge on any atom is 0.276 e. The van der Waals surface area contributed by atoms with Crippen molar-refractivity contribution in [3.8, 4) is 11.5 Å². The highest BCUT2D eigenvalue weighted by Gasteiger charge is 2.12. The molecule has 7 nitrogen and oxygen atoms in total. The highest BCUT2D eigenvalue weighted by atomic mass is 32.1. The van der Waals surface area contributed by atoms with Crippen molar-refractivity contribution in [3.63, 3.8) is 0 Å². The lowest BCUT2D eigenvalue weighted by molar-refractivity contribution is -0.123. The average Bonchev–Trinajstić information content (AvgIpc) is 2.81. The normalized spacial score (nSPS) is 12.2. The number of hydrogen-bond donors (Lipinski definition) is 3. The topological polar surface area (TPSA) is 88.7 Å². The smallest absolute Gasteiger partial charge is 0.276 e. The van der Waals surface area contributed by atoms with Crippen LogP contribution in [0.3, 0.4) is 0 Å². The molecule has 0 saturated heterocycles. The third-order valence-electron chi connectivity index (χ3n) is 4.99. The van der Waals surface area contributed by atoms with Crippen molar-refractivity contribution in [2.45, 2.75) is 52.6 Å². The van der Waals surface area contributed by atoms with E-state index in [0.29, 0.717) is 23.0 Å². The minimum absolute atomic E-state index is 0.0247. The van der Waals surface area contributed by atoms with E-state index in [1.165, 1.54) is 0 Å². The zero-order chi connectivity index (χ0) is 23.5. The summed E-state index contributed by atoms with van der Waals surface area (Å²) in [6.07, 6.45) is 1.96. The van der Waals surface area contributed by atoms with E-state index in [9.17, 15) is 9.59 Å². The standard InChI is InChI=1S/C24H31N3O4S/c1-5-16(3)20-9-7-8-10-21(20)30-15-22(28)26-27-24(32)25-23(29)18-11-13-19(14-12-18)31-17(4)6-2/h7-14,16-17H,5-6,15H2,1-4H3,(H,26,28)(H2,25,27,29,32). The number of rotatable bonds is 9.